The second-order valence-corrected chi connectivity index (χ2v) is 9.94. The van der Waals surface area contributed by atoms with Crippen LogP contribution in [0.15, 0.2) is 48.5 Å². The van der Waals surface area contributed by atoms with Crippen molar-refractivity contribution in [2.24, 2.45) is 0 Å². The topological polar surface area (TPSA) is 68.7 Å². The van der Waals surface area contributed by atoms with Gasteiger partial charge in [0.25, 0.3) is 5.91 Å². The van der Waals surface area contributed by atoms with Gasteiger partial charge in [-0.2, -0.15) is 0 Å². The Morgan fingerprint density at radius 3 is 2.58 bits per heavy atom. The number of hydrogen-bond donors (Lipinski definition) is 0. The lowest BCUT2D eigenvalue weighted by Crippen LogP contribution is -2.39. The van der Waals surface area contributed by atoms with E-state index in [1.165, 1.54) is 0 Å². The highest BCUT2D eigenvalue weighted by atomic mass is 35.5. The molecule has 8 heteroatoms. The van der Waals surface area contributed by atoms with Gasteiger partial charge in [-0.1, -0.05) is 59.6 Å². The van der Waals surface area contributed by atoms with Gasteiger partial charge in [0.05, 0.1) is 24.2 Å². The van der Waals surface area contributed by atoms with Gasteiger partial charge in [-0.15, -0.1) is 0 Å². The summed E-state index contributed by atoms with van der Waals surface area (Å²) in [6.45, 7) is 3.72. The first-order valence-corrected chi connectivity index (χ1v) is 12.7. The van der Waals surface area contributed by atoms with Crippen LogP contribution in [0.25, 0.3) is 11.1 Å². The number of nitrogens with zero attached hydrogens (tertiary/aromatic N) is 2. The molecule has 0 unspecified atom stereocenters. The second kappa shape index (κ2) is 10.6. The standard InChI is InChI=1S/C28H26Cl2N2O4/c1-17-22(14-25(33)36-16-18-5-3-2-4-6-18)26(21-8-7-19(29)13-23(21)30)27-24(31-17)15-32(28(27)34)20-9-11-35-12-10-20/h2-8,13,20H,9-12,14-16H2,1H3. The average Bonchev–Trinajstić information content (AvgIpc) is 3.20. The minimum absolute atomic E-state index is 0.0300. The third-order valence-electron chi connectivity index (χ3n) is 6.77. The molecule has 1 fully saturated rings. The molecule has 0 bridgehead atoms. The zero-order valence-corrected chi connectivity index (χ0v) is 21.4. The summed E-state index contributed by atoms with van der Waals surface area (Å²) < 4.78 is 11.1. The normalized spacial score (nSPS) is 15.8. The molecule has 0 saturated carbocycles. The maximum Gasteiger partial charge on any atom is 0.310 e. The summed E-state index contributed by atoms with van der Waals surface area (Å²) in [4.78, 5) is 33.4. The highest BCUT2D eigenvalue weighted by Gasteiger charge is 2.38. The number of carbonyl (C=O) groups excluding carboxylic acids is 2. The highest BCUT2D eigenvalue weighted by Crippen LogP contribution is 2.41. The van der Waals surface area contributed by atoms with Crippen molar-refractivity contribution in [3.63, 3.8) is 0 Å². The zero-order chi connectivity index (χ0) is 25.2. The first-order chi connectivity index (χ1) is 17.4. The minimum Gasteiger partial charge on any atom is -0.461 e. The molecule has 0 atom stereocenters. The number of carbonyl (C=O) groups is 2. The Labute approximate surface area is 220 Å². The number of aryl methyl sites for hydroxylation is 1. The lowest BCUT2D eigenvalue weighted by atomic mass is 9.91. The molecule has 0 N–H and O–H groups in total. The third kappa shape index (κ3) is 4.99. The molecule has 186 valence electrons. The van der Waals surface area contributed by atoms with Gasteiger partial charge < -0.3 is 14.4 Å². The van der Waals surface area contributed by atoms with Gasteiger partial charge in [-0.3, -0.25) is 14.6 Å². The number of pyridine rings is 1. The van der Waals surface area contributed by atoms with Crippen molar-refractivity contribution in [3.8, 4) is 11.1 Å². The average molecular weight is 525 g/mol. The number of esters is 1. The van der Waals surface area contributed by atoms with E-state index in [9.17, 15) is 9.59 Å². The van der Waals surface area contributed by atoms with Crippen LogP contribution in [0, 0.1) is 6.92 Å². The summed E-state index contributed by atoms with van der Waals surface area (Å²) in [7, 11) is 0. The third-order valence-corrected chi connectivity index (χ3v) is 7.32. The lowest BCUT2D eigenvalue weighted by Gasteiger charge is -2.30. The van der Waals surface area contributed by atoms with Crippen molar-refractivity contribution in [3.05, 3.63) is 86.7 Å². The van der Waals surface area contributed by atoms with Crippen molar-refractivity contribution < 1.29 is 19.1 Å². The number of amides is 1. The molecular formula is C28H26Cl2N2O4. The SMILES string of the molecule is Cc1nc2c(c(-c3ccc(Cl)cc3Cl)c1CC(=O)OCc1ccccc1)C(=O)N(C1CCOCC1)C2. The van der Waals surface area contributed by atoms with Gasteiger partial charge in [0.1, 0.15) is 6.61 Å². The van der Waals surface area contributed by atoms with Crippen LogP contribution >= 0.6 is 23.2 Å². The molecule has 6 nitrogen and oxygen atoms in total. The van der Waals surface area contributed by atoms with Crippen LogP contribution in [-0.2, 0) is 33.8 Å². The summed E-state index contributed by atoms with van der Waals surface area (Å²) in [6, 6.07) is 14.8. The Bertz CT molecular complexity index is 1310. The Hall–Kier alpha value is -2.93. The fourth-order valence-corrected chi connectivity index (χ4v) is 5.46. The molecule has 1 aromatic heterocycles. The Balaban J connectivity index is 1.53. The van der Waals surface area contributed by atoms with Crippen molar-refractivity contribution in [1.82, 2.24) is 9.88 Å². The second-order valence-electron chi connectivity index (χ2n) is 9.10. The Morgan fingerprint density at radius 1 is 1.11 bits per heavy atom. The maximum atomic E-state index is 13.8. The van der Waals surface area contributed by atoms with Crippen LogP contribution in [0.2, 0.25) is 10.0 Å². The van der Waals surface area contributed by atoms with E-state index in [1.807, 2.05) is 42.2 Å². The fraction of sp³-hybridized carbons (Fsp3) is 0.321. The molecule has 2 aliphatic rings. The van der Waals surface area contributed by atoms with E-state index < -0.39 is 5.97 Å². The fourth-order valence-electron chi connectivity index (χ4n) is 4.95. The monoisotopic (exact) mass is 524 g/mol. The van der Waals surface area contributed by atoms with E-state index >= 15 is 0 Å². The number of hydrogen-bond acceptors (Lipinski definition) is 5. The quantitative estimate of drug-likeness (QED) is 0.382. The predicted octanol–water partition coefficient (Wildman–Crippen LogP) is 5.78. The molecular weight excluding hydrogens is 499 g/mol. The Morgan fingerprint density at radius 2 is 1.86 bits per heavy atom. The number of ether oxygens (including phenoxy) is 2. The molecule has 1 saturated heterocycles. The van der Waals surface area contributed by atoms with Gasteiger partial charge in [-0.25, -0.2) is 0 Å². The first-order valence-electron chi connectivity index (χ1n) is 12.0. The highest BCUT2D eigenvalue weighted by molar-refractivity contribution is 6.36. The van der Waals surface area contributed by atoms with Crippen LogP contribution in [0.5, 0.6) is 0 Å². The molecule has 0 aliphatic carbocycles. The number of fused-ring (bicyclic) bond motifs is 1. The summed E-state index contributed by atoms with van der Waals surface area (Å²) in [5.41, 5.74) is 4.70. The maximum absolute atomic E-state index is 13.8. The summed E-state index contributed by atoms with van der Waals surface area (Å²) in [6.07, 6.45) is 1.54. The van der Waals surface area contributed by atoms with E-state index in [2.05, 4.69) is 0 Å². The van der Waals surface area contributed by atoms with Gasteiger partial charge >= 0.3 is 5.97 Å². The van der Waals surface area contributed by atoms with Gasteiger partial charge in [0.2, 0.25) is 0 Å². The predicted molar refractivity (Wildman–Crippen MR) is 138 cm³/mol. The van der Waals surface area contributed by atoms with E-state index in [0.29, 0.717) is 63.4 Å². The van der Waals surface area contributed by atoms with Crippen LogP contribution in [-0.4, -0.2) is 41.0 Å². The van der Waals surface area contributed by atoms with Gasteiger partial charge in [0, 0.05) is 46.1 Å². The van der Waals surface area contributed by atoms with Crippen LogP contribution in [0.4, 0.5) is 0 Å². The largest absolute Gasteiger partial charge is 0.461 e. The number of aromatic nitrogens is 1. The Kier molecular flexibility index (Phi) is 7.28. The first kappa shape index (κ1) is 24.8. The zero-order valence-electron chi connectivity index (χ0n) is 19.9. The molecule has 3 aromatic rings. The summed E-state index contributed by atoms with van der Waals surface area (Å²) in [5, 5.41) is 0.900. The molecule has 0 radical (unpaired) electrons. The van der Waals surface area contributed by atoms with Crippen LogP contribution < -0.4 is 0 Å². The van der Waals surface area contributed by atoms with Gasteiger partial charge in [-0.05, 0) is 43.0 Å². The van der Waals surface area contributed by atoms with Crippen LogP contribution in [0.3, 0.4) is 0 Å². The molecule has 0 spiro atoms. The van der Waals surface area contributed by atoms with E-state index in [0.717, 1.165) is 18.4 Å². The van der Waals surface area contributed by atoms with Crippen molar-refractivity contribution in [2.75, 3.05) is 13.2 Å². The molecule has 2 aromatic carbocycles. The van der Waals surface area contributed by atoms with Crippen molar-refractivity contribution in [2.45, 2.75) is 45.4 Å². The molecule has 36 heavy (non-hydrogen) atoms. The summed E-state index contributed by atoms with van der Waals surface area (Å²) in [5.74, 6) is -0.494. The lowest BCUT2D eigenvalue weighted by molar-refractivity contribution is -0.144. The number of benzene rings is 2. The molecule has 5 rings (SSSR count). The van der Waals surface area contributed by atoms with Gasteiger partial charge in [0.15, 0.2) is 0 Å². The van der Waals surface area contributed by atoms with Crippen molar-refractivity contribution >= 4 is 35.1 Å². The number of rotatable bonds is 6. The van der Waals surface area contributed by atoms with E-state index in [-0.39, 0.29) is 25.0 Å². The molecule has 2 aliphatic heterocycles. The minimum atomic E-state index is -0.401. The number of halogens is 2. The smallest absolute Gasteiger partial charge is 0.310 e. The van der Waals surface area contributed by atoms with Crippen molar-refractivity contribution in [1.29, 1.82) is 0 Å². The molecule has 1 amide bonds. The van der Waals surface area contributed by atoms with Crippen LogP contribution in [0.1, 0.15) is 45.7 Å². The van der Waals surface area contributed by atoms with E-state index in [4.69, 9.17) is 37.7 Å². The van der Waals surface area contributed by atoms with E-state index in [1.54, 1.807) is 18.2 Å². The molecule has 3 heterocycles. The summed E-state index contributed by atoms with van der Waals surface area (Å²) >= 11 is 12.8.